The predicted octanol–water partition coefficient (Wildman–Crippen LogP) is 5.98. The Bertz CT molecular complexity index is 1450. The van der Waals surface area contributed by atoms with Crippen molar-refractivity contribution in [3.8, 4) is 5.75 Å². The molecule has 1 heterocycles. The summed E-state index contributed by atoms with van der Waals surface area (Å²) in [6.45, 7) is 6.58. The van der Waals surface area contributed by atoms with E-state index >= 15 is 0 Å². The molecule has 0 bridgehead atoms. The molecular weight excluding hydrogens is 642 g/mol. The minimum Gasteiger partial charge on any atom is -0.490 e. The maximum absolute atomic E-state index is 14.4. The van der Waals surface area contributed by atoms with Gasteiger partial charge in [0, 0.05) is 49.3 Å². The molecule has 0 spiro atoms. The van der Waals surface area contributed by atoms with Crippen molar-refractivity contribution in [3.63, 3.8) is 0 Å². The summed E-state index contributed by atoms with van der Waals surface area (Å²) >= 11 is 5.95. The molecule has 1 fully saturated rings. The Hall–Kier alpha value is -2.86. The number of benzene rings is 2. The zero-order valence-corrected chi connectivity index (χ0v) is 29.6. The second kappa shape index (κ2) is 17.0. The Labute approximate surface area is 284 Å². The van der Waals surface area contributed by atoms with Crippen molar-refractivity contribution in [2.24, 2.45) is 11.8 Å². The lowest BCUT2D eigenvalue weighted by molar-refractivity contribution is -0.137. The van der Waals surface area contributed by atoms with Crippen molar-refractivity contribution in [2.75, 3.05) is 38.1 Å². The van der Waals surface area contributed by atoms with Gasteiger partial charge in [-0.2, -0.15) is 0 Å². The van der Waals surface area contributed by atoms with E-state index in [4.69, 9.17) is 21.1 Å². The van der Waals surface area contributed by atoms with E-state index in [1.165, 1.54) is 36.8 Å². The number of ether oxygens (including phenoxy) is 2. The molecule has 0 saturated heterocycles. The minimum atomic E-state index is -3.97. The third-order valence-electron chi connectivity index (χ3n) is 9.21. The van der Waals surface area contributed by atoms with E-state index in [9.17, 15) is 23.1 Å². The van der Waals surface area contributed by atoms with Gasteiger partial charge in [-0.3, -0.25) is 14.3 Å². The van der Waals surface area contributed by atoms with E-state index in [-0.39, 0.29) is 59.2 Å². The molecule has 2 amide bonds. The number of carbonyl (C=O) groups excluding carboxylic acids is 2. The molecule has 10 nitrogen and oxygen atoms in total. The summed E-state index contributed by atoms with van der Waals surface area (Å²) in [7, 11) is -2.14. The van der Waals surface area contributed by atoms with Gasteiger partial charge in [-0.25, -0.2) is 8.42 Å². The number of fused-ring (bicyclic) bond motifs is 1. The number of carbonyl (C=O) groups is 2. The maximum Gasteiger partial charge on any atom is 0.261 e. The third-order valence-corrected chi connectivity index (χ3v) is 10.9. The first-order valence-electron chi connectivity index (χ1n) is 16.8. The Morgan fingerprint density at radius 2 is 1.74 bits per heavy atom. The van der Waals surface area contributed by atoms with Crippen LogP contribution in [0, 0.1) is 11.8 Å². The fraction of sp³-hybridized carbons (Fsp3) is 0.600. The molecule has 1 aliphatic carbocycles. The Morgan fingerprint density at radius 1 is 1.06 bits per heavy atom. The molecule has 0 radical (unpaired) electrons. The largest absolute Gasteiger partial charge is 0.490 e. The van der Waals surface area contributed by atoms with Crippen LogP contribution in [0.5, 0.6) is 5.75 Å². The van der Waals surface area contributed by atoms with Gasteiger partial charge in [0.05, 0.1) is 35.3 Å². The summed E-state index contributed by atoms with van der Waals surface area (Å²) in [4.78, 5) is 31.1. The number of aliphatic hydroxyl groups excluding tert-OH is 1. The fourth-order valence-corrected chi connectivity index (χ4v) is 7.47. The first kappa shape index (κ1) is 37.0. The average molecular weight is 692 g/mol. The highest BCUT2D eigenvalue weighted by molar-refractivity contribution is 7.92. The lowest BCUT2D eigenvalue weighted by Crippen LogP contribution is -2.48. The highest BCUT2D eigenvalue weighted by Crippen LogP contribution is 2.30. The number of rotatable bonds is 8. The number of nitrogens with one attached hydrogen (secondary N) is 1. The van der Waals surface area contributed by atoms with Crippen LogP contribution in [0.15, 0.2) is 47.4 Å². The fourth-order valence-electron chi connectivity index (χ4n) is 6.30. The van der Waals surface area contributed by atoms with Crippen LogP contribution in [0.4, 0.5) is 5.69 Å². The second-order valence-corrected chi connectivity index (χ2v) is 15.2. The van der Waals surface area contributed by atoms with Gasteiger partial charge >= 0.3 is 0 Å². The van der Waals surface area contributed by atoms with Crippen LogP contribution in [0.3, 0.4) is 0 Å². The standard InChI is InChI=1S/C35H50ClN3O7S/c1-24-21-39(25(2)23-40)35(42)31-20-29(37-47(43,44)30-16-13-28(36)14-17-30)15-18-32(31)46-26(3)10-8-9-19-45-33(24)22-38(4)34(41)27-11-6-5-7-12-27/h13-18,20,24-27,33,37,40H,5-12,19,21-23H2,1-4H3/t24-,25-,26+,33+/m1/s1. The van der Waals surface area contributed by atoms with Gasteiger partial charge in [0.1, 0.15) is 5.75 Å². The van der Waals surface area contributed by atoms with Crippen molar-refractivity contribution in [1.29, 1.82) is 0 Å². The molecule has 260 valence electrons. The monoisotopic (exact) mass is 691 g/mol. The summed E-state index contributed by atoms with van der Waals surface area (Å²) in [6, 6.07) is 9.91. The van der Waals surface area contributed by atoms with Crippen molar-refractivity contribution in [2.45, 2.75) is 95.3 Å². The van der Waals surface area contributed by atoms with Crippen LogP contribution in [-0.2, 0) is 19.6 Å². The zero-order chi connectivity index (χ0) is 34.1. The molecule has 1 saturated carbocycles. The number of amides is 2. The molecule has 4 rings (SSSR count). The number of halogens is 1. The SMILES string of the molecule is C[C@@H]1CN([C@H](C)CO)C(=O)c2cc(NS(=O)(=O)c3ccc(Cl)cc3)ccc2O[C@@H](C)CCCCO[C@H]1CN(C)C(=O)C1CCCCC1. The second-order valence-electron chi connectivity index (χ2n) is 13.1. The molecule has 12 heteroatoms. The molecule has 2 aliphatic rings. The molecule has 4 atom stereocenters. The number of nitrogens with zero attached hydrogens (tertiary/aromatic N) is 2. The quantitative estimate of drug-likeness (QED) is 0.349. The third kappa shape index (κ3) is 10.1. The van der Waals surface area contributed by atoms with Gasteiger partial charge < -0.3 is 24.4 Å². The molecule has 1 aliphatic heterocycles. The summed E-state index contributed by atoms with van der Waals surface area (Å²) < 4.78 is 41.6. The first-order chi connectivity index (χ1) is 22.4. The molecule has 0 unspecified atom stereocenters. The number of sulfonamides is 1. The van der Waals surface area contributed by atoms with Crippen LogP contribution < -0.4 is 9.46 Å². The van der Waals surface area contributed by atoms with E-state index in [2.05, 4.69) is 4.72 Å². The van der Waals surface area contributed by atoms with Gasteiger partial charge in [0.2, 0.25) is 5.91 Å². The average Bonchev–Trinajstić information content (AvgIpc) is 3.06. The number of likely N-dealkylation sites (N-methyl/N-ethyl adjacent to an activating group) is 1. The molecule has 2 N–H and O–H groups in total. The smallest absolute Gasteiger partial charge is 0.261 e. The predicted molar refractivity (Wildman–Crippen MR) is 183 cm³/mol. The highest BCUT2D eigenvalue weighted by Gasteiger charge is 2.32. The summed E-state index contributed by atoms with van der Waals surface area (Å²) in [5.74, 6) is -0.0743. The number of aliphatic hydroxyl groups is 1. The Balaban J connectivity index is 1.64. The van der Waals surface area contributed by atoms with Crippen molar-refractivity contribution in [1.82, 2.24) is 9.80 Å². The van der Waals surface area contributed by atoms with Crippen molar-refractivity contribution >= 4 is 39.1 Å². The molecule has 47 heavy (non-hydrogen) atoms. The minimum absolute atomic E-state index is 0.0283. The first-order valence-corrected chi connectivity index (χ1v) is 18.6. The van der Waals surface area contributed by atoms with Gasteiger partial charge in [0.15, 0.2) is 0 Å². The van der Waals surface area contributed by atoms with Crippen molar-refractivity contribution < 1.29 is 32.6 Å². The van der Waals surface area contributed by atoms with Crippen LogP contribution >= 0.6 is 11.6 Å². The highest BCUT2D eigenvalue weighted by atomic mass is 35.5. The van der Waals surface area contributed by atoms with Gasteiger partial charge in [-0.1, -0.05) is 37.8 Å². The maximum atomic E-state index is 14.4. The topological polar surface area (TPSA) is 125 Å². The van der Waals surface area contributed by atoms with E-state index in [1.807, 2.05) is 20.9 Å². The Kier molecular flexibility index (Phi) is 13.4. The number of hydrogen-bond donors (Lipinski definition) is 2. The lowest BCUT2D eigenvalue weighted by Gasteiger charge is -2.36. The van der Waals surface area contributed by atoms with Crippen LogP contribution in [0.25, 0.3) is 0 Å². The van der Waals surface area contributed by atoms with E-state index < -0.39 is 22.0 Å². The zero-order valence-electron chi connectivity index (χ0n) is 28.0. The normalized spacial score (nSPS) is 22.8. The number of hydrogen-bond acceptors (Lipinski definition) is 7. The van der Waals surface area contributed by atoms with Crippen LogP contribution in [-0.4, -0.2) is 86.7 Å². The number of anilines is 1. The van der Waals surface area contributed by atoms with Gasteiger partial charge in [-0.15, -0.1) is 0 Å². The van der Waals surface area contributed by atoms with Crippen LogP contribution in [0.2, 0.25) is 5.02 Å². The van der Waals surface area contributed by atoms with E-state index in [0.717, 1.165) is 44.9 Å². The van der Waals surface area contributed by atoms with Gasteiger partial charge in [0.25, 0.3) is 15.9 Å². The molecular formula is C35H50ClN3O7S. The Morgan fingerprint density at radius 3 is 2.43 bits per heavy atom. The van der Waals surface area contributed by atoms with Crippen molar-refractivity contribution in [3.05, 3.63) is 53.1 Å². The molecule has 0 aromatic heterocycles. The van der Waals surface area contributed by atoms with E-state index in [0.29, 0.717) is 23.9 Å². The van der Waals surface area contributed by atoms with Gasteiger partial charge in [-0.05, 0) is 88.4 Å². The summed E-state index contributed by atoms with van der Waals surface area (Å²) in [6.07, 6.45) is 6.97. The van der Waals surface area contributed by atoms with Crippen LogP contribution in [0.1, 0.15) is 82.5 Å². The summed E-state index contributed by atoms with van der Waals surface area (Å²) in [5.41, 5.74) is 0.373. The molecule has 2 aromatic carbocycles. The lowest BCUT2D eigenvalue weighted by atomic mass is 9.88. The molecule has 2 aromatic rings. The van der Waals surface area contributed by atoms with E-state index in [1.54, 1.807) is 28.9 Å². The summed E-state index contributed by atoms with van der Waals surface area (Å²) in [5, 5.41) is 10.6.